The Bertz CT molecular complexity index is 894. The summed E-state index contributed by atoms with van der Waals surface area (Å²) in [5.41, 5.74) is 1.70. The lowest BCUT2D eigenvalue weighted by Gasteiger charge is -2.16. The second-order valence-electron chi connectivity index (χ2n) is 5.42. The van der Waals surface area contributed by atoms with E-state index in [-0.39, 0.29) is 18.0 Å². The molecule has 114 valence electrons. The molecule has 0 aliphatic carbocycles. The number of hydrogen-bond donors (Lipinski definition) is 2. The molecule has 0 fully saturated rings. The minimum atomic E-state index is -0.223. The monoisotopic (exact) mass is 306 g/mol. The first-order chi connectivity index (χ1) is 11.2. The zero-order valence-electron chi connectivity index (χ0n) is 12.4. The van der Waals surface area contributed by atoms with Gasteiger partial charge in [0.05, 0.1) is 12.0 Å². The van der Waals surface area contributed by atoms with Gasteiger partial charge >= 0.3 is 0 Å². The molecule has 0 bridgehead atoms. The third-order valence-corrected chi connectivity index (χ3v) is 3.90. The van der Waals surface area contributed by atoms with Gasteiger partial charge in [0, 0.05) is 5.39 Å². The van der Waals surface area contributed by atoms with Crippen LogP contribution in [-0.4, -0.2) is 35.8 Å². The summed E-state index contributed by atoms with van der Waals surface area (Å²) in [5.74, 6) is 0.742. The van der Waals surface area contributed by atoms with Crippen molar-refractivity contribution in [1.82, 2.24) is 5.32 Å². The predicted molar refractivity (Wildman–Crippen MR) is 90.0 cm³/mol. The van der Waals surface area contributed by atoms with Crippen LogP contribution in [0.3, 0.4) is 0 Å². The van der Waals surface area contributed by atoms with Crippen molar-refractivity contribution in [3.8, 4) is 5.75 Å². The van der Waals surface area contributed by atoms with Crippen molar-refractivity contribution in [3.63, 3.8) is 0 Å². The minimum Gasteiger partial charge on any atom is -0.508 e. The van der Waals surface area contributed by atoms with Crippen molar-refractivity contribution >= 4 is 35.0 Å². The second kappa shape index (κ2) is 5.28. The summed E-state index contributed by atoms with van der Waals surface area (Å²) in [6.45, 7) is 1.96. The van der Waals surface area contributed by atoms with E-state index in [0.717, 1.165) is 22.0 Å². The summed E-state index contributed by atoms with van der Waals surface area (Å²) in [6, 6.07) is 9.02. The minimum absolute atomic E-state index is 0.174. The number of benzene rings is 2. The number of hydrogen-bond acceptors (Lipinski definition) is 7. The van der Waals surface area contributed by atoms with Crippen molar-refractivity contribution in [1.29, 1.82) is 0 Å². The van der Waals surface area contributed by atoms with Crippen molar-refractivity contribution < 1.29 is 5.11 Å². The highest BCUT2D eigenvalue weighted by Gasteiger charge is 2.30. The number of nitrogens with one attached hydrogen (secondary N) is 1. The number of aliphatic imine (C=N–C) groups is 3. The maximum absolute atomic E-state index is 9.75. The number of amidine groups is 1. The molecular formula is C16H14N6O. The summed E-state index contributed by atoms with van der Waals surface area (Å²) < 4.78 is 0. The maximum Gasteiger partial charge on any atom is 0.179 e. The highest BCUT2D eigenvalue weighted by atomic mass is 16.3. The van der Waals surface area contributed by atoms with Crippen LogP contribution in [0.15, 0.2) is 55.5 Å². The van der Waals surface area contributed by atoms with Crippen molar-refractivity contribution in [3.05, 3.63) is 35.9 Å². The van der Waals surface area contributed by atoms with E-state index < -0.39 is 0 Å². The van der Waals surface area contributed by atoms with Gasteiger partial charge in [0.15, 0.2) is 12.0 Å². The molecule has 2 aromatic carbocycles. The molecule has 0 saturated heterocycles. The largest absolute Gasteiger partial charge is 0.508 e. The number of azo groups is 1. The first-order valence-corrected chi connectivity index (χ1v) is 7.23. The Labute approximate surface area is 132 Å². The summed E-state index contributed by atoms with van der Waals surface area (Å²) >= 11 is 0. The average molecular weight is 306 g/mol. The smallest absolute Gasteiger partial charge is 0.179 e. The molecule has 7 heteroatoms. The molecule has 0 spiro atoms. The van der Waals surface area contributed by atoms with Gasteiger partial charge in [-0.3, -0.25) is 0 Å². The molecule has 2 heterocycles. The van der Waals surface area contributed by atoms with Crippen molar-refractivity contribution in [2.45, 2.75) is 19.1 Å². The van der Waals surface area contributed by atoms with E-state index in [9.17, 15) is 5.11 Å². The van der Waals surface area contributed by atoms with E-state index in [0.29, 0.717) is 5.84 Å². The van der Waals surface area contributed by atoms with Gasteiger partial charge in [-0.1, -0.05) is 18.2 Å². The number of aryl methyl sites for hydroxylation is 1. The van der Waals surface area contributed by atoms with E-state index in [1.807, 2.05) is 25.1 Å². The zero-order valence-corrected chi connectivity index (χ0v) is 12.4. The zero-order chi connectivity index (χ0) is 15.8. The molecule has 0 saturated carbocycles. The lowest BCUT2D eigenvalue weighted by atomic mass is 10.0. The lowest BCUT2D eigenvalue weighted by molar-refractivity contribution is 0.476. The van der Waals surface area contributed by atoms with E-state index >= 15 is 0 Å². The van der Waals surface area contributed by atoms with E-state index in [2.05, 4.69) is 30.5 Å². The molecule has 0 amide bonds. The quantitative estimate of drug-likeness (QED) is 0.792. The molecule has 4 rings (SSSR count). The van der Waals surface area contributed by atoms with E-state index in [1.165, 1.54) is 6.34 Å². The predicted octanol–water partition coefficient (Wildman–Crippen LogP) is 2.70. The first kappa shape index (κ1) is 13.6. The first-order valence-electron chi connectivity index (χ1n) is 7.23. The normalized spacial score (nSPS) is 22.4. The van der Waals surface area contributed by atoms with Crippen LogP contribution >= 0.6 is 0 Å². The van der Waals surface area contributed by atoms with Gasteiger partial charge in [0.1, 0.15) is 18.1 Å². The van der Waals surface area contributed by atoms with Gasteiger partial charge in [0.2, 0.25) is 0 Å². The maximum atomic E-state index is 9.75. The summed E-state index contributed by atoms with van der Waals surface area (Å²) in [5, 5.41) is 23.4. The molecule has 2 aromatic rings. The number of fused-ring (bicyclic) bond motifs is 2. The molecule has 2 N–H and O–H groups in total. The molecule has 2 atom stereocenters. The van der Waals surface area contributed by atoms with Crippen LogP contribution in [0.5, 0.6) is 5.75 Å². The molecule has 7 nitrogen and oxygen atoms in total. The topological polar surface area (TPSA) is 94.1 Å². The molecular weight excluding hydrogens is 292 g/mol. The molecule has 0 radical (unpaired) electrons. The number of nitrogens with zero attached hydrogens (tertiary/aromatic N) is 5. The Morgan fingerprint density at radius 2 is 2.00 bits per heavy atom. The van der Waals surface area contributed by atoms with Crippen LogP contribution in [0.4, 0.5) is 5.69 Å². The van der Waals surface area contributed by atoms with Gasteiger partial charge in [-0.05, 0) is 30.0 Å². The SMILES string of the molecule is Cc1ccc2ccc(O)cc2c1N=NC1=NC=NC2N=CNC12. The highest BCUT2D eigenvalue weighted by molar-refractivity contribution is 5.99. The Morgan fingerprint density at radius 1 is 1.13 bits per heavy atom. The number of phenolic OH excluding ortho intramolecular Hbond substituents is 1. The fourth-order valence-corrected chi connectivity index (χ4v) is 2.67. The van der Waals surface area contributed by atoms with Crippen LogP contribution in [0.2, 0.25) is 0 Å². The Hall–Kier alpha value is -3.09. The van der Waals surface area contributed by atoms with Gasteiger partial charge < -0.3 is 10.4 Å². The summed E-state index contributed by atoms with van der Waals surface area (Å²) in [4.78, 5) is 12.5. The Balaban J connectivity index is 1.75. The van der Waals surface area contributed by atoms with E-state index in [1.54, 1.807) is 18.5 Å². The second-order valence-corrected chi connectivity index (χ2v) is 5.42. The molecule has 23 heavy (non-hydrogen) atoms. The van der Waals surface area contributed by atoms with Crippen LogP contribution < -0.4 is 5.32 Å². The van der Waals surface area contributed by atoms with E-state index in [4.69, 9.17) is 0 Å². The fraction of sp³-hybridized carbons (Fsp3) is 0.188. The Morgan fingerprint density at radius 3 is 2.91 bits per heavy atom. The fourth-order valence-electron chi connectivity index (χ4n) is 2.67. The standard InChI is InChI=1S/C16H14N6O/c1-9-2-3-10-4-5-11(23)6-12(10)13(9)21-22-16-14-15(18-7-17-14)19-8-20-16/h2-8,14-15,23H,1H3,(H,17,18). The number of aromatic hydroxyl groups is 1. The summed E-state index contributed by atoms with van der Waals surface area (Å²) in [7, 11) is 0. The van der Waals surface area contributed by atoms with Crippen LogP contribution in [0, 0.1) is 6.92 Å². The van der Waals surface area contributed by atoms with Crippen molar-refractivity contribution in [2.24, 2.45) is 25.2 Å². The molecule has 0 aromatic heterocycles. The van der Waals surface area contributed by atoms with Gasteiger partial charge in [-0.15, -0.1) is 10.2 Å². The third kappa shape index (κ3) is 2.36. The van der Waals surface area contributed by atoms with Gasteiger partial charge in [-0.25, -0.2) is 15.0 Å². The third-order valence-electron chi connectivity index (χ3n) is 3.90. The van der Waals surface area contributed by atoms with Crippen molar-refractivity contribution in [2.75, 3.05) is 0 Å². The molecule has 2 unspecified atom stereocenters. The molecule has 2 aliphatic heterocycles. The molecule has 2 aliphatic rings. The number of phenols is 1. The summed E-state index contributed by atoms with van der Waals surface area (Å²) in [6.07, 6.45) is 2.85. The van der Waals surface area contributed by atoms with Gasteiger partial charge in [-0.2, -0.15) is 0 Å². The van der Waals surface area contributed by atoms with Crippen LogP contribution in [0.1, 0.15) is 5.56 Å². The lowest BCUT2D eigenvalue weighted by Crippen LogP contribution is -2.39. The highest BCUT2D eigenvalue weighted by Crippen LogP contribution is 2.32. The van der Waals surface area contributed by atoms with Crippen LogP contribution in [-0.2, 0) is 0 Å². The van der Waals surface area contributed by atoms with Crippen LogP contribution in [0.25, 0.3) is 10.8 Å². The Kier molecular flexibility index (Phi) is 3.11. The van der Waals surface area contributed by atoms with Gasteiger partial charge in [0.25, 0.3) is 0 Å². The average Bonchev–Trinajstić information content (AvgIpc) is 3.03. The number of rotatable bonds is 1.